The summed E-state index contributed by atoms with van der Waals surface area (Å²) in [5.41, 5.74) is 8.24. The highest BCUT2D eigenvalue weighted by Gasteiger charge is 2.32. The molecule has 1 aliphatic rings. The molecule has 0 radical (unpaired) electrons. The molecule has 0 heterocycles. The highest BCUT2D eigenvalue weighted by Crippen LogP contribution is 2.34. The van der Waals surface area contributed by atoms with Gasteiger partial charge in [-0.25, -0.2) is 0 Å². The van der Waals surface area contributed by atoms with Crippen molar-refractivity contribution in [1.29, 1.82) is 0 Å². The highest BCUT2D eigenvalue weighted by molar-refractivity contribution is 5.67. The zero-order valence-corrected chi connectivity index (χ0v) is 12.1. The fourth-order valence-electron chi connectivity index (χ4n) is 2.88. The molecule has 3 heteroatoms. The van der Waals surface area contributed by atoms with Gasteiger partial charge in [-0.15, -0.1) is 0 Å². The number of nitrogen functional groups attached to an aromatic ring is 1. The SMILES string of the molecule is CCC1CCC(O)(CNc2cc(C)ccc2N)CC1. The van der Waals surface area contributed by atoms with Crippen LogP contribution in [0.2, 0.25) is 0 Å². The molecule has 4 N–H and O–H groups in total. The minimum absolute atomic E-state index is 0.568. The first-order valence-electron chi connectivity index (χ1n) is 7.35. The Morgan fingerprint density at radius 2 is 2.05 bits per heavy atom. The summed E-state index contributed by atoms with van der Waals surface area (Å²) in [4.78, 5) is 0. The third kappa shape index (κ3) is 3.63. The van der Waals surface area contributed by atoms with Crippen LogP contribution in [0.4, 0.5) is 11.4 Å². The van der Waals surface area contributed by atoms with Crippen molar-refractivity contribution in [3.05, 3.63) is 23.8 Å². The Balaban J connectivity index is 1.93. The predicted octanol–water partition coefficient (Wildman–Crippen LogP) is 3.32. The van der Waals surface area contributed by atoms with E-state index in [0.29, 0.717) is 6.54 Å². The molecule has 19 heavy (non-hydrogen) atoms. The van der Waals surface area contributed by atoms with Crippen LogP contribution >= 0.6 is 0 Å². The van der Waals surface area contributed by atoms with Crippen molar-refractivity contribution in [1.82, 2.24) is 0 Å². The standard InChI is InChI=1S/C16H26N2O/c1-3-13-6-8-16(19,9-7-13)11-18-15-10-12(2)4-5-14(15)17/h4-5,10,13,18-19H,3,6-9,11,17H2,1-2H3. The van der Waals surface area contributed by atoms with E-state index in [9.17, 15) is 5.11 Å². The molecular weight excluding hydrogens is 236 g/mol. The maximum Gasteiger partial charge on any atom is 0.0819 e. The topological polar surface area (TPSA) is 58.3 Å². The average Bonchev–Trinajstić information content (AvgIpc) is 2.41. The van der Waals surface area contributed by atoms with Crippen LogP contribution in [0.25, 0.3) is 0 Å². The Labute approximate surface area is 116 Å². The molecule has 0 saturated heterocycles. The molecule has 1 fully saturated rings. The van der Waals surface area contributed by atoms with Gasteiger partial charge in [0.05, 0.1) is 17.0 Å². The van der Waals surface area contributed by atoms with Crippen molar-refractivity contribution < 1.29 is 5.11 Å². The third-order valence-electron chi connectivity index (χ3n) is 4.43. The maximum absolute atomic E-state index is 10.6. The van der Waals surface area contributed by atoms with Crippen molar-refractivity contribution in [3.8, 4) is 0 Å². The Hall–Kier alpha value is -1.22. The number of nitrogens with two attached hydrogens (primary N) is 1. The average molecular weight is 262 g/mol. The molecule has 3 nitrogen and oxygen atoms in total. The van der Waals surface area contributed by atoms with Crippen LogP contribution in [0.15, 0.2) is 18.2 Å². The molecule has 0 atom stereocenters. The molecule has 0 amide bonds. The summed E-state index contributed by atoms with van der Waals surface area (Å²) in [6.45, 7) is 4.88. The summed E-state index contributed by atoms with van der Waals surface area (Å²) in [5.74, 6) is 0.796. The maximum atomic E-state index is 10.6. The minimum atomic E-state index is -0.568. The van der Waals surface area contributed by atoms with E-state index in [1.807, 2.05) is 25.1 Å². The second-order valence-corrected chi connectivity index (χ2v) is 6.02. The van der Waals surface area contributed by atoms with Gasteiger partial charge in [-0.1, -0.05) is 19.4 Å². The number of nitrogens with one attached hydrogen (secondary N) is 1. The fourth-order valence-corrected chi connectivity index (χ4v) is 2.88. The normalized spacial score (nSPS) is 27.2. The van der Waals surface area contributed by atoms with Gasteiger partial charge in [0.2, 0.25) is 0 Å². The summed E-state index contributed by atoms with van der Waals surface area (Å²) in [6, 6.07) is 5.95. The van der Waals surface area contributed by atoms with Crippen molar-refractivity contribution in [2.24, 2.45) is 5.92 Å². The van der Waals surface area contributed by atoms with E-state index in [4.69, 9.17) is 5.73 Å². The van der Waals surface area contributed by atoms with Gasteiger partial charge in [0.15, 0.2) is 0 Å². The van der Waals surface area contributed by atoms with Crippen LogP contribution in [0, 0.1) is 12.8 Å². The summed E-state index contributed by atoms with van der Waals surface area (Å²) >= 11 is 0. The molecular formula is C16H26N2O. The quantitative estimate of drug-likeness (QED) is 0.730. The molecule has 0 aromatic heterocycles. The number of aliphatic hydroxyl groups is 1. The van der Waals surface area contributed by atoms with E-state index >= 15 is 0 Å². The lowest BCUT2D eigenvalue weighted by Gasteiger charge is -2.36. The van der Waals surface area contributed by atoms with Crippen LogP contribution in [-0.4, -0.2) is 17.3 Å². The van der Waals surface area contributed by atoms with Gasteiger partial charge in [0, 0.05) is 6.54 Å². The molecule has 0 bridgehead atoms. The molecule has 0 unspecified atom stereocenters. The first kappa shape index (κ1) is 14.2. The molecule has 0 spiro atoms. The second-order valence-electron chi connectivity index (χ2n) is 6.02. The van der Waals surface area contributed by atoms with Crippen LogP contribution < -0.4 is 11.1 Å². The van der Waals surface area contributed by atoms with Crippen molar-refractivity contribution >= 4 is 11.4 Å². The summed E-state index contributed by atoms with van der Waals surface area (Å²) in [6.07, 6.45) is 5.29. The van der Waals surface area contributed by atoms with E-state index in [-0.39, 0.29) is 0 Å². The first-order chi connectivity index (χ1) is 9.02. The summed E-state index contributed by atoms with van der Waals surface area (Å²) in [5, 5.41) is 13.9. The highest BCUT2D eigenvalue weighted by atomic mass is 16.3. The van der Waals surface area contributed by atoms with E-state index < -0.39 is 5.60 Å². The largest absolute Gasteiger partial charge is 0.397 e. The Kier molecular flexibility index (Phi) is 4.35. The van der Waals surface area contributed by atoms with Gasteiger partial charge in [0.1, 0.15) is 0 Å². The number of hydrogen-bond donors (Lipinski definition) is 3. The van der Waals surface area contributed by atoms with Gasteiger partial charge in [-0.05, 0) is 56.2 Å². The molecule has 1 aromatic carbocycles. The van der Waals surface area contributed by atoms with Gasteiger partial charge in [-0.3, -0.25) is 0 Å². The third-order valence-corrected chi connectivity index (χ3v) is 4.43. The van der Waals surface area contributed by atoms with Crippen LogP contribution in [0.3, 0.4) is 0 Å². The smallest absolute Gasteiger partial charge is 0.0819 e. The number of aryl methyl sites for hydroxylation is 1. The van der Waals surface area contributed by atoms with Crippen LogP contribution in [0.1, 0.15) is 44.6 Å². The van der Waals surface area contributed by atoms with Gasteiger partial charge in [0.25, 0.3) is 0 Å². The van der Waals surface area contributed by atoms with E-state index in [0.717, 1.165) is 43.0 Å². The van der Waals surface area contributed by atoms with Crippen LogP contribution in [-0.2, 0) is 0 Å². The molecule has 1 aromatic rings. The van der Waals surface area contributed by atoms with E-state index in [1.54, 1.807) is 0 Å². The van der Waals surface area contributed by atoms with Gasteiger partial charge < -0.3 is 16.2 Å². The van der Waals surface area contributed by atoms with Gasteiger partial charge >= 0.3 is 0 Å². The lowest BCUT2D eigenvalue weighted by atomic mass is 9.78. The zero-order valence-electron chi connectivity index (χ0n) is 12.1. The summed E-state index contributed by atoms with van der Waals surface area (Å²) < 4.78 is 0. The Morgan fingerprint density at radius 1 is 1.37 bits per heavy atom. The number of anilines is 2. The lowest BCUT2D eigenvalue weighted by molar-refractivity contribution is 0.00231. The second kappa shape index (κ2) is 5.83. The van der Waals surface area contributed by atoms with Crippen molar-refractivity contribution in [3.63, 3.8) is 0 Å². The minimum Gasteiger partial charge on any atom is -0.397 e. The van der Waals surface area contributed by atoms with Gasteiger partial charge in [-0.2, -0.15) is 0 Å². The first-order valence-corrected chi connectivity index (χ1v) is 7.35. The molecule has 1 saturated carbocycles. The Bertz CT molecular complexity index is 423. The number of benzene rings is 1. The van der Waals surface area contributed by atoms with Crippen molar-refractivity contribution in [2.45, 2.75) is 51.6 Å². The number of rotatable bonds is 4. The van der Waals surface area contributed by atoms with Crippen molar-refractivity contribution in [2.75, 3.05) is 17.6 Å². The zero-order chi connectivity index (χ0) is 13.9. The Morgan fingerprint density at radius 3 is 2.68 bits per heavy atom. The molecule has 106 valence electrons. The molecule has 2 rings (SSSR count). The summed E-state index contributed by atoms with van der Waals surface area (Å²) in [7, 11) is 0. The monoisotopic (exact) mass is 262 g/mol. The van der Waals surface area contributed by atoms with E-state index in [2.05, 4.69) is 12.2 Å². The fraction of sp³-hybridized carbons (Fsp3) is 0.625. The predicted molar refractivity (Wildman–Crippen MR) is 81.3 cm³/mol. The van der Waals surface area contributed by atoms with Crippen LogP contribution in [0.5, 0.6) is 0 Å². The molecule has 0 aliphatic heterocycles. The molecule has 1 aliphatic carbocycles. The lowest BCUT2D eigenvalue weighted by Crippen LogP contribution is -2.40. The van der Waals surface area contributed by atoms with E-state index in [1.165, 1.54) is 12.0 Å². The number of hydrogen-bond acceptors (Lipinski definition) is 3.